The van der Waals surface area contributed by atoms with E-state index in [1.165, 1.54) is 11.8 Å². The second kappa shape index (κ2) is 6.14. The van der Waals surface area contributed by atoms with Gasteiger partial charge in [0, 0.05) is 11.1 Å². The van der Waals surface area contributed by atoms with E-state index in [4.69, 9.17) is 17.1 Å². The third kappa shape index (κ3) is 3.68. The standard InChI is InChI=1S/C8H6ClN5S/c1-15-8-11-5-6(7(9)13-8)3-2-4-12-14-10/h5H,4H2,1H3. The number of azide groups is 1. The minimum absolute atomic E-state index is 0.108. The number of nitrogens with zero attached hydrogens (tertiary/aromatic N) is 5. The Morgan fingerprint density at radius 3 is 3.13 bits per heavy atom. The first-order valence-electron chi connectivity index (χ1n) is 3.84. The van der Waals surface area contributed by atoms with E-state index in [-0.39, 0.29) is 6.54 Å². The van der Waals surface area contributed by atoms with Crippen LogP contribution in [-0.2, 0) is 0 Å². The van der Waals surface area contributed by atoms with E-state index in [2.05, 4.69) is 31.8 Å². The van der Waals surface area contributed by atoms with Crippen molar-refractivity contribution in [1.29, 1.82) is 0 Å². The van der Waals surface area contributed by atoms with Gasteiger partial charge in [-0.1, -0.05) is 40.3 Å². The lowest BCUT2D eigenvalue weighted by atomic mass is 10.3. The average molecular weight is 240 g/mol. The van der Waals surface area contributed by atoms with E-state index in [0.717, 1.165) is 0 Å². The molecule has 0 radical (unpaired) electrons. The molecule has 1 rings (SSSR count). The van der Waals surface area contributed by atoms with Crippen molar-refractivity contribution in [2.45, 2.75) is 5.16 Å². The van der Waals surface area contributed by atoms with Gasteiger partial charge in [-0.2, -0.15) is 0 Å². The van der Waals surface area contributed by atoms with E-state index < -0.39 is 0 Å². The zero-order chi connectivity index (χ0) is 11.1. The van der Waals surface area contributed by atoms with E-state index in [9.17, 15) is 0 Å². The Morgan fingerprint density at radius 2 is 2.53 bits per heavy atom. The molecule has 0 N–H and O–H groups in total. The molecule has 0 amide bonds. The van der Waals surface area contributed by atoms with Crippen LogP contribution in [0.5, 0.6) is 0 Å². The van der Waals surface area contributed by atoms with E-state index >= 15 is 0 Å². The Hall–Kier alpha value is -1.41. The second-order valence-electron chi connectivity index (χ2n) is 2.25. The molecule has 1 aromatic rings. The van der Waals surface area contributed by atoms with Crippen LogP contribution in [0.1, 0.15) is 5.56 Å². The fourth-order valence-corrected chi connectivity index (χ4v) is 1.30. The predicted molar refractivity (Wildman–Crippen MR) is 59.7 cm³/mol. The number of aromatic nitrogens is 2. The minimum atomic E-state index is 0.108. The van der Waals surface area contributed by atoms with Crippen LogP contribution in [0.4, 0.5) is 0 Å². The van der Waals surface area contributed by atoms with Gasteiger partial charge >= 0.3 is 0 Å². The maximum Gasteiger partial charge on any atom is 0.188 e. The summed E-state index contributed by atoms with van der Waals surface area (Å²) in [5, 5.41) is 4.18. The third-order valence-corrected chi connectivity index (χ3v) is 2.19. The van der Waals surface area contributed by atoms with Crippen molar-refractivity contribution in [1.82, 2.24) is 9.97 Å². The normalized spacial score (nSPS) is 8.67. The number of thioether (sulfide) groups is 1. The summed E-state index contributed by atoms with van der Waals surface area (Å²) in [6, 6.07) is 0. The Kier molecular flexibility index (Phi) is 4.78. The summed E-state index contributed by atoms with van der Waals surface area (Å²) in [5.41, 5.74) is 8.55. The largest absolute Gasteiger partial charge is 0.230 e. The highest BCUT2D eigenvalue weighted by molar-refractivity contribution is 7.98. The van der Waals surface area contributed by atoms with Crippen LogP contribution in [0.15, 0.2) is 16.5 Å². The van der Waals surface area contributed by atoms with Crippen LogP contribution in [0, 0.1) is 11.8 Å². The summed E-state index contributed by atoms with van der Waals surface area (Å²) in [7, 11) is 0. The van der Waals surface area contributed by atoms with Gasteiger partial charge in [0.1, 0.15) is 5.15 Å². The van der Waals surface area contributed by atoms with Gasteiger partial charge in [-0.25, -0.2) is 9.97 Å². The molecule has 0 fully saturated rings. The number of rotatable bonds is 2. The Balaban J connectivity index is 2.85. The SMILES string of the molecule is CSc1ncc(C#CCN=[N+]=[N-])c(Cl)n1. The monoisotopic (exact) mass is 239 g/mol. The van der Waals surface area contributed by atoms with Gasteiger partial charge in [0.05, 0.1) is 12.1 Å². The molecule has 5 nitrogen and oxygen atoms in total. The lowest BCUT2D eigenvalue weighted by Gasteiger charge is -1.96. The van der Waals surface area contributed by atoms with E-state index in [1.807, 2.05) is 6.26 Å². The van der Waals surface area contributed by atoms with Crippen molar-refractivity contribution in [2.75, 3.05) is 12.8 Å². The average Bonchev–Trinajstić information content (AvgIpc) is 2.26. The highest BCUT2D eigenvalue weighted by Crippen LogP contribution is 2.15. The Morgan fingerprint density at radius 1 is 1.73 bits per heavy atom. The molecular formula is C8H6ClN5S. The fraction of sp³-hybridized carbons (Fsp3) is 0.250. The van der Waals surface area contributed by atoms with Gasteiger partial charge < -0.3 is 0 Å². The molecule has 0 aliphatic heterocycles. The van der Waals surface area contributed by atoms with Crippen LogP contribution in [-0.4, -0.2) is 22.8 Å². The number of hydrogen-bond acceptors (Lipinski definition) is 4. The maximum atomic E-state index is 8.02. The lowest BCUT2D eigenvalue weighted by Crippen LogP contribution is -1.89. The Bertz CT molecular complexity index is 458. The van der Waals surface area contributed by atoms with Crippen LogP contribution in [0.2, 0.25) is 5.15 Å². The van der Waals surface area contributed by atoms with Crippen molar-refractivity contribution >= 4 is 23.4 Å². The molecule has 0 atom stereocenters. The van der Waals surface area contributed by atoms with Gasteiger partial charge in [-0.3, -0.25) is 0 Å². The molecule has 1 heterocycles. The lowest BCUT2D eigenvalue weighted by molar-refractivity contribution is 0.965. The van der Waals surface area contributed by atoms with Gasteiger partial charge in [0.15, 0.2) is 5.16 Å². The molecule has 15 heavy (non-hydrogen) atoms. The topological polar surface area (TPSA) is 74.5 Å². The van der Waals surface area contributed by atoms with Gasteiger partial charge in [0.25, 0.3) is 0 Å². The fourth-order valence-electron chi connectivity index (χ4n) is 0.730. The molecule has 0 saturated heterocycles. The number of hydrogen-bond donors (Lipinski definition) is 0. The summed E-state index contributed by atoms with van der Waals surface area (Å²) in [5.74, 6) is 5.36. The first-order valence-corrected chi connectivity index (χ1v) is 5.44. The summed E-state index contributed by atoms with van der Waals surface area (Å²) in [6.45, 7) is 0.108. The van der Waals surface area contributed by atoms with Crippen molar-refractivity contribution in [3.05, 3.63) is 27.4 Å². The summed E-state index contributed by atoms with van der Waals surface area (Å²) in [6.07, 6.45) is 3.41. The smallest absolute Gasteiger partial charge is 0.188 e. The third-order valence-electron chi connectivity index (χ3n) is 1.34. The zero-order valence-electron chi connectivity index (χ0n) is 7.81. The van der Waals surface area contributed by atoms with Crippen LogP contribution in [0.3, 0.4) is 0 Å². The molecule has 1 aromatic heterocycles. The van der Waals surface area contributed by atoms with Crippen LogP contribution in [0.25, 0.3) is 10.4 Å². The van der Waals surface area contributed by atoms with Crippen molar-refractivity contribution in [2.24, 2.45) is 5.11 Å². The van der Waals surface area contributed by atoms with Crippen molar-refractivity contribution < 1.29 is 0 Å². The molecule has 0 unspecified atom stereocenters. The summed E-state index contributed by atoms with van der Waals surface area (Å²) in [4.78, 5) is 10.6. The predicted octanol–water partition coefficient (Wildman–Crippen LogP) is 2.51. The molecule has 76 valence electrons. The number of halogens is 1. The molecule has 0 aliphatic carbocycles. The molecule has 0 aliphatic rings. The molecule has 0 aromatic carbocycles. The molecular weight excluding hydrogens is 234 g/mol. The van der Waals surface area contributed by atoms with Gasteiger partial charge in [0.2, 0.25) is 0 Å². The minimum Gasteiger partial charge on any atom is -0.230 e. The zero-order valence-corrected chi connectivity index (χ0v) is 9.38. The van der Waals surface area contributed by atoms with Gasteiger partial charge in [-0.05, 0) is 11.8 Å². The Labute approximate surface area is 95.9 Å². The van der Waals surface area contributed by atoms with E-state index in [1.54, 1.807) is 6.20 Å². The molecule has 0 bridgehead atoms. The van der Waals surface area contributed by atoms with Gasteiger partial charge in [-0.15, -0.1) is 0 Å². The summed E-state index contributed by atoms with van der Waals surface area (Å²) >= 11 is 7.25. The second-order valence-corrected chi connectivity index (χ2v) is 3.38. The van der Waals surface area contributed by atoms with Crippen LogP contribution >= 0.6 is 23.4 Å². The molecule has 0 spiro atoms. The molecule has 7 heteroatoms. The highest BCUT2D eigenvalue weighted by atomic mass is 35.5. The first-order chi connectivity index (χ1) is 7.27. The first kappa shape index (κ1) is 11.7. The quantitative estimate of drug-likeness (QED) is 0.151. The molecule has 0 saturated carbocycles. The van der Waals surface area contributed by atoms with Crippen molar-refractivity contribution in [3.8, 4) is 11.8 Å². The van der Waals surface area contributed by atoms with Crippen LogP contribution < -0.4 is 0 Å². The maximum absolute atomic E-state index is 8.02. The summed E-state index contributed by atoms with van der Waals surface area (Å²) < 4.78 is 0. The van der Waals surface area contributed by atoms with Crippen molar-refractivity contribution in [3.63, 3.8) is 0 Å². The highest BCUT2D eigenvalue weighted by Gasteiger charge is 2.00. The van der Waals surface area contributed by atoms with E-state index in [0.29, 0.717) is 15.9 Å².